The molecular weight excluding hydrogens is 397 g/mol. The summed E-state index contributed by atoms with van der Waals surface area (Å²) >= 11 is 11.8. The van der Waals surface area contributed by atoms with Gasteiger partial charge in [-0.25, -0.2) is 4.98 Å². The number of fused-ring (bicyclic) bond motifs is 2. The van der Waals surface area contributed by atoms with E-state index in [1.165, 1.54) is 18.6 Å². The van der Waals surface area contributed by atoms with Crippen LogP contribution in [0.15, 0.2) is 41.4 Å². The zero-order valence-corrected chi connectivity index (χ0v) is 16.4. The second kappa shape index (κ2) is 7.70. The maximum absolute atomic E-state index is 10.5. The molecule has 0 amide bonds. The molecule has 1 aromatic heterocycles. The normalized spacial score (nSPS) is 21.5. The van der Waals surface area contributed by atoms with E-state index < -0.39 is 10.1 Å². The number of rotatable bonds is 2. The summed E-state index contributed by atoms with van der Waals surface area (Å²) in [6.07, 6.45) is 3.02. The molecule has 6 nitrogen and oxygen atoms in total. The summed E-state index contributed by atoms with van der Waals surface area (Å²) in [5, 5.41) is 4.37. The zero-order chi connectivity index (χ0) is 18.9. The molecule has 26 heavy (non-hydrogen) atoms. The summed E-state index contributed by atoms with van der Waals surface area (Å²) in [4.78, 5) is 6.37. The van der Waals surface area contributed by atoms with Crippen molar-refractivity contribution in [2.45, 2.75) is 30.3 Å². The molecule has 2 saturated heterocycles. The molecule has 0 radical (unpaired) electrons. The van der Waals surface area contributed by atoms with E-state index >= 15 is 0 Å². The Balaban J connectivity index is 0.000000160. The van der Waals surface area contributed by atoms with Crippen LogP contribution in [0.2, 0.25) is 10.2 Å². The molecule has 2 aliphatic heterocycles. The molecule has 2 aromatic rings. The number of aromatic nitrogens is 1. The number of halogens is 2. The van der Waals surface area contributed by atoms with Crippen LogP contribution in [0.3, 0.4) is 0 Å². The molecule has 0 aliphatic carbocycles. The Kier molecular flexibility index (Phi) is 5.74. The first-order valence-corrected chi connectivity index (χ1v) is 10.3. The maximum atomic E-state index is 10.5. The van der Waals surface area contributed by atoms with Crippen molar-refractivity contribution in [1.82, 2.24) is 10.3 Å². The Morgan fingerprint density at radius 2 is 1.96 bits per heavy atom. The fourth-order valence-corrected chi connectivity index (χ4v) is 3.90. The minimum Gasteiger partial charge on any atom is -0.364 e. The maximum Gasteiger partial charge on any atom is 0.294 e. The van der Waals surface area contributed by atoms with Gasteiger partial charge < -0.3 is 10.2 Å². The van der Waals surface area contributed by atoms with Gasteiger partial charge >= 0.3 is 0 Å². The number of piperazine rings is 1. The topological polar surface area (TPSA) is 82.5 Å². The quantitative estimate of drug-likeness (QED) is 0.578. The van der Waals surface area contributed by atoms with Crippen molar-refractivity contribution in [2.75, 3.05) is 18.0 Å². The van der Waals surface area contributed by atoms with Gasteiger partial charge in [0.25, 0.3) is 10.1 Å². The van der Waals surface area contributed by atoms with Crippen molar-refractivity contribution in [2.24, 2.45) is 0 Å². The average Bonchev–Trinajstić information content (AvgIpc) is 3.21. The van der Waals surface area contributed by atoms with Gasteiger partial charge in [-0.2, -0.15) is 8.42 Å². The van der Waals surface area contributed by atoms with E-state index in [9.17, 15) is 8.42 Å². The van der Waals surface area contributed by atoms with Gasteiger partial charge in [0.1, 0.15) is 5.15 Å². The van der Waals surface area contributed by atoms with Crippen LogP contribution in [0.4, 0.5) is 5.69 Å². The second-order valence-corrected chi connectivity index (χ2v) is 8.59. The van der Waals surface area contributed by atoms with Gasteiger partial charge in [0, 0.05) is 25.2 Å². The van der Waals surface area contributed by atoms with Crippen molar-refractivity contribution in [3.63, 3.8) is 0 Å². The lowest BCUT2D eigenvalue weighted by Gasteiger charge is -2.29. The Hall–Kier alpha value is -1.38. The number of hydrogen-bond donors (Lipinski definition) is 2. The molecule has 3 heterocycles. The molecule has 140 valence electrons. The van der Waals surface area contributed by atoms with Crippen LogP contribution < -0.4 is 10.2 Å². The highest BCUT2D eigenvalue weighted by Gasteiger charge is 2.37. The molecule has 1 aromatic carbocycles. The van der Waals surface area contributed by atoms with E-state index in [0.29, 0.717) is 22.3 Å². The third-order valence-corrected chi connectivity index (χ3v) is 6.04. The fourth-order valence-electron chi connectivity index (χ4n) is 3.16. The van der Waals surface area contributed by atoms with E-state index in [1.54, 1.807) is 18.3 Å². The highest BCUT2D eigenvalue weighted by molar-refractivity contribution is 7.85. The average molecular weight is 416 g/mol. The van der Waals surface area contributed by atoms with Crippen LogP contribution in [0, 0.1) is 6.92 Å². The SMILES string of the molecule is Cc1ccc(S(=O)(=O)O)cc1.Clc1cc(N2C[C@H]3C[C@@H]2CN3)cnc1Cl. The van der Waals surface area contributed by atoms with E-state index in [-0.39, 0.29) is 4.90 Å². The van der Waals surface area contributed by atoms with Crippen molar-refractivity contribution >= 4 is 39.0 Å². The highest BCUT2D eigenvalue weighted by Crippen LogP contribution is 2.31. The van der Waals surface area contributed by atoms with Crippen molar-refractivity contribution in [1.29, 1.82) is 0 Å². The van der Waals surface area contributed by atoms with Crippen molar-refractivity contribution in [3.8, 4) is 0 Å². The zero-order valence-electron chi connectivity index (χ0n) is 14.1. The van der Waals surface area contributed by atoms with Crippen LogP contribution in [0.1, 0.15) is 12.0 Å². The minimum absolute atomic E-state index is 0.0666. The molecule has 2 bridgehead atoms. The number of anilines is 1. The van der Waals surface area contributed by atoms with Gasteiger partial charge in [-0.05, 0) is 31.5 Å². The van der Waals surface area contributed by atoms with E-state index in [4.69, 9.17) is 27.8 Å². The summed E-state index contributed by atoms with van der Waals surface area (Å²) in [6.45, 7) is 3.95. The largest absolute Gasteiger partial charge is 0.364 e. The van der Waals surface area contributed by atoms with Gasteiger partial charge in [-0.15, -0.1) is 0 Å². The van der Waals surface area contributed by atoms with Gasteiger partial charge in [-0.1, -0.05) is 40.9 Å². The van der Waals surface area contributed by atoms with Gasteiger partial charge in [0.05, 0.1) is 21.8 Å². The molecule has 9 heteroatoms. The fraction of sp³-hybridized carbons (Fsp3) is 0.353. The number of nitrogens with one attached hydrogen (secondary N) is 1. The molecule has 2 atom stereocenters. The summed E-state index contributed by atoms with van der Waals surface area (Å²) in [5.74, 6) is 0. The third-order valence-electron chi connectivity index (χ3n) is 4.49. The predicted octanol–water partition coefficient (Wildman–Crippen LogP) is 3.18. The first-order valence-electron chi connectivity index (χ1n) is 8.09. The Morgan fingerprint density at radius 1 is 1.27 bits per heavy atom. The Bertz CT molecular complexity index is 891. The molecular formula is C17H19Cl2N3O3S. The smallest absolute Gasteiger partial charge is 0.294 e. The van der Waals surface area contributed by atoms with E-state index in [2.05, 4.69) is 15.2 Å². The van der Waals surface area contributed by atoms with E-state index in [1.807, 2.05) is 13.0 Å². The lowest BCUT2D eigenvalue weighted by molar-refractivity contribution is 0.483. The van der Waals surface area contributed by atoms with Crippen LogP contribution in [0.25, 0.3) is 0 Å². The number of benzene rings is 1. The predicted molar refractivity (Wildman–Crippen MR) is 103 cm³/mol. The number of aryl methyl sites for hydroxylation is 1. The third kappa shape index (κ3) is 4.47. The van der Waals surface area contributed by atoms with Crippen LogP contribution in [-0.2, 0) is 10.1 Å². The highest BCUT2D eigenvalue weighted by atomic mass is 35.5. The Morgan fingerprint density at radius 3 is 2.46 bits per heavy atom. The molecule has 4 rings (SSSR count). The molecule has 2 aliphatic rings. The summed E-state index contributed by atoms with van der Waals surface area (Å²) in [6, 6.07) is 9.11. The standard InChI is InChI=1S/C10H11Cl2N3.C7H8O3S/c11-9-2-8(4-14-10(9)12)15-5-6-1-7(15)3-13-6;1-6-2-4-7(5-3-6)11(8,9)10/h2,4,6-7,13H,1,3,5H2;2-5H,1H3,(H,8,9,10)/t6-,7-;/m1./s1. The number of nitrogens with zero attached hydrogens (tertiary/aromatic N) is 2. The molecule has 2 N–H and O–H groups in total. The first kappa shape index (κ1) is 19.4. The van der Waals surface area contributed by atoms with Gasteiger partial charge in [0.2, 0.25) is 0 Å². The molecule has 0 saturated carbocycles. The summed E-state index contributed by atoms with van der Waals surface area (Å²) < 4.78 is 29.6. The number of pyridine rings is 1. The molecule has 0 unspecified atom stereocenters. The second-order valence-electron chi connectivity index (χ2n) is 6.40. The minimum atomic E-state index is -4.02. The molecule has 0 spiro atoms. The van der Waals surface area contributed by atoms with Crippen LogP contribution >= 0.6 is 23.2 Å². The molecule has 2 fully saturated rings. The van der Waals surface area contributed by atoms with Crippen LogP contribution in [0.5, 0.6) is 0 Å². The van der Waals surface area contributed by atoms with Gasteiger partial charge in [0.15, 0.2) is 0 Å². The summed E-state index contributed by atoms with van der Waals surface area (Å²) in [7, 11) is -4.02. The summed E-state index contributed by atoms with van der Waals surface area (Å²) in [5.41, 5.74) is 2.04. The lowest BCUT2D eigenvalue weighted by Crippen LogP contribution is -2.43. The van der Waals surface area contributed by atoms with Gasteiger partial charge in [-0.3, -0.25) is 4.55 Å². The van der Waals surface area contributed by atoms with Crippen molar-refractivity contribution in [3.05, 3.63) is 52.3 Å². The Labute approximate surface area is 162 Å². The van der Waals surface area contributed by atoms with Crippen molar-refractivity contribution < 1.29 is 13.0 Å². The lowest BCUT2D eigenvalue weighted by atomic mass is 10.2. The monoisotopic (exact) mass is 415 g/mol. The number of hydrogen-bond acceptors (Lipinski definition) is 5. The van der Waals surface area contributed by atoms with Crippen LogP contribution in [-0.4, -0.2) is 43.1 Å². The van der Waals surface area contributed by atoms with E-state index in [0.717, 1.165) is 24.3 Å². The first-order chi connectivity index (χ1) is 12.2.